The molecule has 1 fully saturated rings. The number of hydrogen-bond donors (Lipinski definition) is 2. The number of thioether (sulfide) groups is 1. The Kier molecular flexibility index (Phi) is 7.34. The lowest BCUT2D eigenvalue weighted by Crippen LogP contribution is -2.40. The number of carbonyl (C=O) groups is 1. The second-order valence-electron chi connectivity index (χ2n) is 7.38. The highest BCUT2D eigenvalue weighted by Gasteiger charge is 2.22. The van der Waals surface area contributed by atoms with Gasteiger partial charge in [-0.2, -0.15) is 0 Å². The van der Waals surface area contributed by atoms with Crippen molar-refractivity contribution in [1.82, 2.24) is 14.5 Å². The van der Waals surface area contributed by atoms with Crippen molar-refractivity contribution in [2.45, 2.75) is 25.9 Å². The molecule has 2 aromatic rings. The van der Waals surface area contributed by atoms with Gasteiger partial charge in [0.15, 0.2) is 0 Å². The molecule has 1 aromatic carbocycles. The van der Waals surface area contributed by atoms with E-state index in [1.165, 1.54) is 14.1 Å². The highest BCUT2D eigenvalue weighted by Crippen LogP contribution is 2.23. The molecule has 0 saturated carbocycles. The fourth-order valence-electron chi connectivity index (χ4n) is 3.14. The van der Waals surface area contributed by atoms with E-state index in [2.05, 4.69) is 10.3 Å². The van der Waals surface area contributed by atoms with Crippen LogP contribution >= 0.6 is 11.8 Å². The van der Waals surface area contributed by atoms with Crippen LogP contribution in [0.15, 0.2) is 38.8 Å². The van der Waals surface area contributed by atoms with Gasteiger partial charge in [0.25, 0.3) is 5.56 Å². The SMILES string of the molecule is Cc1ccc(N=C(SCC(=O)NC[C@H]2CCCO2)c2c(O)n(C)c(=O)n(C)c2=O)cc1. The summed E-state index contributed by atoms with van der Waals surface area (Å²) in [5.74, 6) is -0.743. The predicted molar refractivity (Wildman–Crippen MR) is 120 cm³/mol. The molecule has 0 unspecified atom stereocenters. The minimum atomic E-state index is -0.682. The minimum Gasteiger partial charge on any atom is -0.494 e. The van der Waals surface area contributed by atoms with Crippen LogP contribution in [0.25, 0.3) is 0 Å². The van der Waals surface area contributed by atoms with Crippen LogP contribution in [-0.2, 0) is 23.6 Å². The van der Waals surface area contributed by atoms with Crippen LogP contribution in [0.3, 0.4) is 0 Å². The molecule has 1 aromatic heterocycles. The van der Waals surface area contributed by atoms with E-state index in [9.17, 15) is 19.5 Å². The van der Waals surface area contributed by atoms with Crippen LogP contribution in [0, 0.1) is 6.92 Å². The van der Waals surface area contributed by atoms with E-state index in [-0.39, 0.29) is 28.4 Å². The smallest absolute Gasteiger partial charge is 0.333 e. The van der Waals surface area contributed by atoms with Gasteiger partial charge >= 0.3 is 5.69 Å². The van der Waals surface area contributed by atoms with Crippen LogP contribution in [0.5, 0.6) is 5.88 Å². The number of aromatic nitrogens is 2. The van der Waals surface area contributed by atoms with Gasteiger partial charge in [-0.1, -0.05) is 29.5 Å². The van der Waals surface area contributed by atoms with E-state index in [1.54, 1.807) is 12.1 Å². The maximum atomic E-state index is 12.8. The number of amides is 1. The fourth-order valence-corrected chi connectivity index (χ4v) is 4.00. The largest absolute Gasteiger partial charge is 0.494 e. The van der Waals surface area contributed by atoms with Gasteiger partial charge in [-0.05, 0) is 31.9 Å². The van der Waals surface area contributed by atoms with E-state index in [0.717, 1.165) is 39.3 Å². The molecule has 3 rings (SSSR count). The first kappa shape index (κ1) is 22.8. The van der Waals surface area contributed by atoms with Crippen molar-refractivity contribution in [1.29, 1.82) is 0 Å². The number of ether oxygens (including phenoxy) is 1. The molecule has 0 radical (unpaired) electrons. The Bertz CT molecular complexity index is 1100. The fraction of sp³-hybridized carbons (Fsp3) is 0.429. The van der Waals surface area contributed by atoms with E-state index in [0.29, 0.717) is 18.8 Å². The lowest BCUT2D eigenvalue weighted by Gasteiger charge is -2.13. The van der Waals surface area contributed by atoms with Crippen LogP contribution in [0.1, 0.15) is 24.0 Å². The third kappa shape index (κ3) is 5.45. The summed E-state index contributed by atoms with van der Waals surface area (Å²) in [5, 5.41) is 13.5. The quantitative estimate of drug-likeness (QED) is 0.509. The van der Waals surface area contributed by atoms with Gasteiger partial charge in [-0.15, -0.1) is 0 Å². The molecule has 9 nitrogen and oxygen atoms in total. The van der Waals surface area contributed by atoms with Gasteiger partial charge in [0.2, 0.25) is 11.8 Å². The second kappa shape index (κ2) is 9.97. The zero-order valence-corrected chi connectivity index (χ0v) is 18.6. The zero-order chi connectivity index (χ0) is 22.5. The molecule has 2 N–H and O–H groups in total. The van der Waals surface area contributed by atoms with Crippen molar-refractivity contribution >= 4 is 28.4 Å². The normalized spacial score (nSPS) is 16.5. The van der Waals surface area contributed by atoms with Crippen molar-refractivity contribution in [3.8, 4) is 5.88 Å². The Balaban J connectivity index is 1.89. The summed E-state index contributed by atoms with van der Waals surface area (Å²) in [7, 11) is 2.69. The van der Waals surface area contributed by atoms with E-state index in [4.69, 9.17) is 4.74 Å². The number of nitrogens with one attached hydrogen (secondary N) is 1. The summed E-state index contributed by atoms with van der Waals surface area (Å²) < 4.78 is 7.37. The first-order valence-corrected chi connectivity index (χ1v) is 10.9. The topological polar surface area (TPSA) is 115 Å². The van der Waals surface area contributed by atoms with E-state index < -0.39 is 17.1 Å². The summed E-state index contributed by atoms with van der Waals surface area (Å²) in [6.45, 7) is 3.07. The molecule has 1 aliphatic rings. The number of benzene rings is 1. The summed E-state index contributed by atoms with van der Waals surface area (Å²) in [6.07, 6.45) is 1.92. The maximum absolute atomic E-state index is 12.8. The summed E-state index contributed by atoms with van der Waals surface area (Å²) in [4.78, 5) is 41.7. The van der Waals surface area contributed by atoms with Crippen molar-refractivity contribution in [3.63, 3.8) is 0 Å². The molecule has 2 heterocycles. The van der Waals surface area contributed by atoms with Gasteiger partial charge < -0.3 is 15.2 Å². The van der Waals surface area contributed by atoms with Crippen LogP contribution in [-0.4, -0.2) is 50.2 Å². The number of hydrogen-bond acceptors (Lipinski definition) is 7. The molecule has 0 bridgehead atoms. The molecular formula is C21H26N4O5S. The van der Waals surface area contributed by atoms with Gasteiger partial charge in [-0.3, -0.25) is 18.7 Å². The molecular weight excluding hydrogens is 420 g/mol. The van der Waals surface area contributed by atoms with Crippen LogP contribution < -0.4 is 16.6 Å². The highest BCUT2D eigenvalue weighted by molar-refractivity contribution is 8.15. The predicted octanol–water partition coefficient (Wildman–Crippen LogP) is 1.20. The standard InChI is InChI=1S/C21H26N4O5S/c1-13-6-8-14(9-7-13)23-18(17-19(27)24(2)21(29)25(3)20(17)28)31-12-16(26)22-11-15-5-4-10-30-15/h6-9,15,27H,4-5,10-12H2,1-3H3,(H,22,26)/t15-/m1/s1. The molecule has 1 saturated heterocycles. The number of nitrogens with zero attached hydrogens (tertiary/aromatic N) is 3. The number of carbonyl (C=O) groups excluding carboxylic acids is 1. The lowest BCUT2D eigenvalue weighted by molar-refractivity contribution is -0.119. The van der Waals surface area contributed by atoms with Gasteiger partial charge in [0.1, 0.15) is 10.6 Å². The molecule has 1 amide bonds. The lowest BCUT2D eigenvalue weighted by atomic mass is 10.2. The van der Waals surface area contributed by atoms with Crippen LogP contribution in [0.2, 0.25) is 0 Å². The molecule has 31 heavy (non-hydrogen) atoms. The summed E-state index contributed by atoms with van der Waals surface area (Å²) in [6, 6.07) is 7.29. The maximum Gasteiger partial charge on any atom is 0.333 e. The van der Waals surface area contributed by atoms with Gasteiger partial charge in [0.05, 0.1) is 17.5 Å². The first-order chi connectivity index (χ1) is 14.8. The zero-order valence-electron chi connectivity index (χ0n) is 17.8. The average molecular weight is 447 g/mol. The van der Waals surface area contributed by atoms with E-state index in [1.807, 2.05) is 19.1 Å². The number of aryl methyl sites for hydroxylation is 1. The average Bonchev–Trinajstić information content (AvgIpc) is 3.28. The van der Waals surface area contributed by atoms with Crippen molar-refractivity contribution in [2.24, 2.45) is 19.1 Å². The summed E-state index contributed by atoms with van der Waals surface area (Å²) >= 11 is 1.02. The molecule has 1 atom stereocenters. The third-order valence-corrected chi connectivity index (χ3v) is 5.98. The molecule has 0 spiro atoms. The highest BCUT2D eigenvalue weighted by atomic mass is 32.2. The Hall–Kier alpha value is -2.85. The van der Waals surface area contributed by atoms with Gasteiger partial charge in [-0.25, -0.2) is 9.79 Å². The van der Waals surface area contributed by atoms with Crippen LogP contribution in [0.4, 0.5) is 5.69 Å². The van der Waals surface area contributed by atoms with Crippen molar-refractivity contribution < 1.29 is 14.6 Å². The third-order valence-electron chi connectivity index (χ3n) is 5.00. The summed E-state index contributed by atoms with van der Waals surface area (Å²) in [5.41, 5.74) is 0.145. The van der Waals surface area contributed by atoms with Crippen molar-refractivity contribution in [2.75, 3.05) is 18.9 Å². The molecule has 0 aliphatic carbocycles. The van der Waals surface area contributed by atoms with Crippen molar-refractivity contribution in [3.05, 3.63) is 56.2 Å². The first-order valence-electron chi connectivity index (χ1n) is 9.93. The second-order valence-corrected chi connectivity index (χ2v) is 8.35. The number of aromatic hydroxyl groups is 1. The Morgan fingerprint density at radius 2 is 1.97 bits per heavy atom. The molecule has 166 valence electrons. The Labute approximate surface area is 183 Å². The monoisotopic (exact) mass is 446 g/mol. The molecule has 10 heteroatoms. The van der Waals surface area contributed by atoms with E-state index >= 15 is 0 Å². The number of rotatable bonds is 6. The number of aliphatic imine (C=N–C) groups is 1. The Morgan fingerprint density at radius 3 is 2.61 bits per heavy atom. The minimum absolute atomic E-state index is 0.0111. The Morgan fingerprint density at radius 1 is 1.26 bits per heavy atom. The van der Waals surface area contributed by atoms with Gasteiger partial charge in [0, 0.05) is 27.2 Å². The molecule has 1 aliphatic heterocycles.